The van der Waals surface area contributed by atoms with Crippen molar-refractivity contribution in [2.75, 3.05) is 5.88 Å². The van der Waals surface area contributed by atoms with E-state index in [1.54, 1.807) is 11.4 Å². The van der Waals surface area contributed by atoms with Gasteiger partial charge in [-0.15, -0.1) is 11.6 Å². The fourth-order valence-corrected chi connectivity index (χ4v) is 1.59. The van der Waals surface area contributed by atoms with E-state index in [0.29, 0.717) is 5.88 Å². The van der Waals surface area contributed by atoms with Gasteiger partial charge >= 0.3 is 5.00 Å². The van der Waals surface area contributed by atoms with Crippen molar-refractivity contribution in [2.24, 2.45) is 0 Å². The number of halogens is 1. The maximum atomic E-state index is 10.3. The maximum absolute atomic E-state index is 10.3. The first-order valence-corrected chi connectivity index (χ1v) is 5.01. The summed E-state index contributed by atoms with van der Waals surface area (Å²) in [5.41, 5.74) is 1.84. The van der Waals surface area contributed by atoms with Crippen molar-refractivity contribution in [1.29, 1.82) is 0 Å². The van der Waals surface area contributed by atoms with Gasteiger partial charge in [-0.25, -0.2) is 0 Å². The molecular weight excluding hydrogens is 210 g/mol. The van der Waals surface area contributed by atoms with E-state index in [2.05, 4.69) is 0 Å². The predicted molar refractivity (Wildman–Crippen MR) is 55.3 cm³/mol. The van der Waals surface area contributed by atoms with Gasteiger partial charge in [0.1, 0.15) is 0 Å². The Morgan fingerprint density at radius 1 is 1.85 bits per heavy atom. The van der Waals surface area contributed by atoms with E-state index >= 15 is 0 Å². The zero-order valence-corrected chi connectivity index (χ0v) is 8.56. The molecule has 0 saturated heterocycles. The molecule has 1 rings (SSSR count). The highest BCUT2D eigenvalue weighted by molar-refractivity contribution is 7.13. The number of thiophene rings is 1. The fourth-order valence-electron chi connectivity index (χ4n) is 0.834. The van der Waals surface area contributed by atoms with Gasteiger partial charge < -0.3 is 0 Å². The Morgan fingerprint density at radius 3 is 3.00 bits per heavy atom. The molecule has 0 amide bonds. The van der Waals surface area contributed by atoms with Crippen molar-refractivity contribution in [3.05, 3.63) is 32.7 Å². The molecule has 0 saturated carbocycles. The molecule has 0 aliphatic heterocycles. The Morgan fingerprint density at radius 2 is 2.54 bits per heavy atom. The summed E-state index contributed by atoms with van der Waals surface area (Å²) >= 11 is 6.70. The first-order valence-electron chi connectivity index (χ1n) is 3.59. The van der Waals surface area contributed by atoms with E-state index in [9.17, 15) is 10.1 Å². The number of hydrogen-bond acceptors (Lipinski definition) is 3. The number of nitro groups is 1. The monoisotopic (exact) mass is 217 g/mol. The Hall–Kier alpha value is -0.870. The lowest BCUT2D eigenvalue weighted by Crippen LogP contribution is -1.81. The van der Waals surface area contributed by atoms with Gasteiger partial charge in [-0.3, -0.25) is 10.1 Å². The topological polar surface area (TPSA) is 43.1 Å². The Labute approximate surface area is 84.8 Å². The third-order valence-electron chi connectivity index (χ3n) is 1.41. The van der Waals surface area contributed by atoms with E-state index in [1.807, 2.05) is 13.0 Å². The highest BCUT2D eigenvalue weighted by atomic mass is 35.5. The molecule has 0 aliphatic rings. The lowest BCUT2D eigenvalue weighted by molar-refractivity contribution is -0.380. The molecule has 0 aliphatic carbocycles. The molecule has 0 fully saturated rings. The van der Waals surface area contributed by atoms with Crippen LogP contribution in [0.2, 0.25) is 0 Å². The van der Waals surface area contributed by atoms with E-state index in [4.69, 9.17) is 11.6 Å². The molecule has 5 heteroatoms. The van der Waals surface area contributed by atoms with Gasteiger partial charge in [0.15, 0.2) is 0 Å². The molecule has 13 heavy (non-hydrogen) atoms. The standard InChI is InChI=1S/C8H8ClNO2S/c1-6(4-9)2-7-3-8(10(11)12)13-5-7/h2-3,5H,4H2,1H3. The zero-order valence-electron chi connectivity index (χ0n) is 6.99. The van der Waals surface area contributed by atoms with Crippen LogP contribution in [0.1, 0.15) is 12.5 Å². The summed E-state index contributed by atoms with van der Waals surface area (Å²) in [4.78, 5) is 9.95. The molecule has 0 atom stereocenters. The number of nitrogens with zero attached hydrogens (tertiary/aromatic N) is 1. The third kappa shape index (κ3) is 2.82. The minimum atomic E-state index is -0.391. The molecule has 0 spiro atoms. The van der Waals surface area contributed by atoms with Crippen LogP contribution in [-0.2, 0) is 0 Å². The number of rotatable bonds is 3. The van der Waals surface area contributed by atoms with Crippen LogP contribution in [0.4, 0.5) is 5.00 Å². The second kappa shape index (κ2) is 4.39. The molecule has 1 aromatic heterocycles. The normalized spacial score (nSPS) is 11.7. The summed E-state index contributed by atoms with van der Waals surface area (Å²) in [7, 11) is 0. The van der Waals surface area contributed by atoms with Crippen LogP contribution in [0.3, 0.4) is 0 Å². The molecule has 70 valence electrons. The average Bonchev–Trinajstić information content (AvgIpc) is 2.52. The number of hydrogen-bond donors (Lipinski definition) is 0. The lowest BCUT2D eigenvalue weighted by Gasteiger charge is -1.89. The molecule has 1 aromatic rings. The second-order valence-corrected chi connectivity index (χ2v) is 3.76. The van der Waals surface area contributed by atoms with Crippen molar-refractivity contribution in [1.82, 2.24) is 0 Å². The van der Waals surface area contributed by atoms with E-state index in [0.717, 1.165) is 22.5 Å². The Balaban J connectivity index is 2.86. The first kappa shape index (κ1) is 10.2. The van der Waals surface area contributed by atoms with Crippen LogP contribution >= 0.6 is 22.9 Å². The molecule has 0 aromatic carbocycles. The highest BCUT2D eigenvalue weighted by Crippen LogP contribution is 2.24. The van der Waals surface area contributed by atoms with E-state index in [-0.39, 0.29) is 5.00 Å². The van der Waals surface area contributed by atoms with E-state index < -0.39 is 4.92 Å². The van der Waals surface area contributed by atoms with Gasteiger partial charge in [0, 0.05) is 17.3 Å². The van der Waals surface area contributed by atoms with Crippen molar-refractivity contribution in [3.8, 4) is 0 Å². The van der Waals surface area contributed by atoms with Gasteiger partial charge in [0.05, 0.1) is 4.92 Å². The van der Waals surface area contributed by atoms with Gasteiger partial charge in [0.25, 0.3) is 0 Å². The van der Waals surface area contributed by atoms with Crippen LogP contribution in [0.5, 0.6) is 0 Å². The molecule has 3 nitrogen and oxygen atoms in total. The lowest BCUT2D eigenvalue weighted by atomic mass is 10.2. The minimum Gasteiger partial charge on any atom is -0.258 e. The van der Waals surface area contributed by atoms with Crippen molar-refractivity contribution in [3.63, 3.8) is 0 Å². The molecule has 0 unspecified atom stereocenters. The smallest absolute Gasteiger partial charge is 0.258 e. The van der Waals surface area contributed by atoms with Crippen LogP contribution in [0.15, 0.2) is 17.0 Å². The second-order valence-electron chi connectivity index (χ2n) is 2.60. The quantitative estimate of drug-likeness (QED) is 0.443. The first-order chi connectivity index (χ1) is 6.13. The van der Waals surface area contributed by atoms with Gasteiger partial charge in [-0.2, -0.15) is 0 Å². The van der Waals surface area contributed by atoms with Gasteiger partial charge in [-0.1, -0.05) is 23.0 Å². The maximum Gasteiger partial charge on any atom is 0.324 e. The summed E-state index contributed by atoms with van der Waals surface area (Å²) < 4.78 is 0. The van der Waals surface area contributed by atoms with Crippen molar-refractivity contribution < 1.29 is 4.92 Å². The summed E-state index contributed by atoms with van der Waals surface area (Å²) in [5.74, 6) is 0.448. The zero-order chi connectivity index (χ0) is 9.84. The summed E-state index contributed by atoms with van der Waals surface area (Å²) in [6.07, 6.45) is 1.84. The minimum absolute atomic E-state index is 0.161. The molecular formula is C8H8ClNO2S. The fraction of sp³-hybridized carbons (Fsp3) is 0.250. The highest BCUT2D eigenvalue weighted by Gasteiger charge is 2.07. The SMILES string of the molecule is CC(=Cc1csc([N+](=O)[O-])c1)CCl. The number of allylic oxidation sites excluding steroid dienone is 1. The van der Waals surface area contributed by atoms with E-state index in [1.165, 1.54) is 0 Å². The largest absolute Gasteiger partial charge is 0.324 e. The predicted octanol–water partition coefficient (Wildman–Crippen LogP) is 3.30. The summed E-state index contributed by atoms with van der Waals surface area (Å²) in [5, 5.41) is 12.2. The molecule has 0 bridgehead atoms. The number of alkyl halides is 1. The summed E-state index contributed by atoms with van der Waals surface area (Å²) in [6.45, 7) is 1.89. The molecule has 1 heterocycles. The average molecular weight is 218 g/mol. The molecule has 0 radical (unpaired) electrons. The summed E-state index contributed by atoms with van der Waals surface area (Å²) in [6, 6.07) is 1.54. The Bertz CT molecular complexity index is 346. The van der Waals surface area contributed by atoms with Gasteiger partial charge in [-0.05, 0) is 12.5 Å². The molecule has 0 N–H and O–H groups in total. The third-order valence-corrected chi connectivity index (χ3v) is 2.73. The van der Waals surface area contributed by atoms with Gasteiger partial charge in [0.2, 0.25) is 0 Å². The van der Waals surface area contributed by atoms with Crippen molar-refractivity contribution >= 4 is 34.0 Å². The van der Waals surface area contributed by atoms with Crippen LogP contribution in [-0.4, -0.2) is 10.8 Å². The van der Waals surface area contributed by atoms with Crippen LogP contribution < -0.4 is 0 Å². The van der Waals surface area contributed by atoms with Crippen LogP contribution in [0.25, 0.3) is 6.08 Å². The Kier molecular flexibility index (Phi) is 3.45. The van der Waals surface area contributed by atoms with Crippen molar-refractivity contribution in [2.45, 2.75) is 6.92 Å². The van der Waals surface area contributed by atoms with Crippen LogP contribution in [0, 0.1) is 10.1 Å².